The molecular formula is C20H20N2O4S. The molecule has 140 valence electrons. The smallest absolute Gasteiger partial charge is 0.244 e. The molecule has 3 aromatic rings. The number of ether oxygens (including phenoxy) is 2. The van der Waals surface area contributed by atoms with E-state index in [4.69, 9.17) is 9.47 Å². The standard InChI is InChI=1S/C20H20N2O4S/c1-3-22(12-15-7-8-17-18(11-15)26-13-25-17)27(23,24)19-9-6-14(2)20-16(19)5-4-10-21-20/h4-11H,3,12-13H2,1-2H3. The van der Waals surface area contributed by atoms with Gasteiger partial charge in [0.2, 0.25) is 16.8 Å². The van der Waals surface area contributed by atoms with Crippen molar-refractivity contribution in [2.45, 2.75) is 25.3 Å². The third-order valence-electron chi connectivity index (χ3n) is 4.70. The number of aromatic nitrogens is 1. The topological polar surface area (TPSA) is 68.7 Å². The number of pyridine rings is 1. The molecule has 0 amide bonds. The summed E-state index contributed by atoms with van der Waals surface area (Å²) in [6, 6.07) is 12.5. The fourth-order valence-electron chi connectivity index (χ4n) is 3.26. The van der Waals surface area contributed by atoms with Crippen molar-refractivity contribution in [3.63, 3.8) is 0 Å². The van der Waals surface area contributed by atoms with Crippen molar-refractivity contribution >= 4 is 20.9 Å². The largest absolute Gasteiger partial charge is 0.454 e. The summed E-state index contributed by atoms with van der Waals surface area (Å²) in [5.41, 5.74) is 2.50. The average molecular weight is 384 g/mol. The summed E-state index contributed by atoms with van der Waals surface area (Å²) in [4.78, 5) is 4.63. The molecule has 2 aromatic carbocycles. The Bertz CT molecular complexity index is 1110. The maximum atomic E-state index is 13.4. The van der Waals surface area contributed by atoms with Gasteiger partial charge >= 0.3 is 0 Å². The molecule has 0 aliphatic carbocycles. The van der Waals surface area contributed by atoms with Gasteiger partial charge in [0.1, 0.15) is 0 Å². The molecule has 7 heteroatoms. The monoisotopic (exact) mass is 384 g/mol. The quantitative estimate of drug-likeness (QED) is 0.674. The van der Waals surface area contributed by atoms with Crippen LogP contribution in [0.5, 0.6) is 11.5 Å². The summed E-state index contributed by atoms with van der Waals surface area (Å²) in [7, 11) is -3.69. The van der Waals surface area contributed by atoms with Gasteiger partial charge in [-0.25, -0.2) is 8.42 Å². The van der Waals surface area contributed by atoms with Gasteiger partial charge in [-0.3, -0.25) is 4.98 Å². The van der Waals surface area contributed by atoms with E-state index in [1.54, 1.807) is 30.5 Å². The van der Waals surface area contributed by atoms with Crippen LogP contribution in [0, 0.1) is 6.92 Å². The van der Waals surface area contributed by atoms with Crippen molar-refractivity contribution in [1.82, 2.24) is 9.29 Å². The molecule has 1 aromatic heterocycles. The predicted octanol–water partition coefficient (Wildman–Crippen LogP) is 3.48. The lowest BCUT2D eigenvalue weighted by atomic mass is 10.1. The van der Waals surface area contributed by atoms with E-state index in [1.165, 1.54) is 4.31 Å². The molecule has 0 bridgehead atoms. The molecule has 0 unspecified atom stereocenters. The van der Waals surface area contributed by atoms with Crippen LogP contribution in [0.15, 0.2) is 53.6 Å². The summed E-state index contributed by atoms with van der Waals surface area (Å²) in [5, 5.41) is 0.640. The van der Waals surface area contributed by atoms with Gasteiger partial charge in [-0.15, -0.1) is 0 Å². The van der Waals surface area contributed by atoms with Crippen molar-refractivity contribution in [2.24, 2.45) is 0 Å². The Morgan fingerprint density at radius 2 is 1.93 bits per heavy atom. The Kier molecular flexibility index (Phi) is 4.49. The van der Waals surface area contributed by atoms with Gasteiger partial charge in [-0.1, -0.05) is 19.1 Å². The van der Waals surface area contributed by atoms with Gasteiger partial charge in [0, 0.05) is 24.7 Å². The van der Waals surface area contributed by atoms with Crippen LogP contribution >= 0.6 is 0 Å². The predicted molar refractivity (Wildman–Crippen MR) is 102 cm³/mol. The molecule has 0 atom stereocenters. The highest BCUT2D eigenvalue weighted by atomic mass is 32.2. The molecular weight excluding hydrogens is 364 g/mol. The van der Waals surface area contributed by atoms with Gasteiger partial charge in [0.05, 0.1) is 10.4 Å². The Balaban J connectivity index is 1.73. The number of rotatable bonds is 5. The van der Waals surface area contributed by atoms with Gasteiger partial charge in [0.25, 0.3) is 0 Å². The number of hydrogen-bond donors (Lipinski definition) is 0. The third-order valence-corrected chi connectivity index (χ3v) is 6.68. The van der Waals surface area contributed by atoms with Crippen molar-refractivity contribution in [3.8, 4) is 11.5 Å². The van der Waals surface area contributed by atoms with Gasteiger partial charge in [-0.05, 0) is 48.4 Å². The van der Waals surface area contributed by atoms with Gasteiger partial charge < -0.3 is 9.47 Å². The maximum Gasteiger partial charge on any atom is 0.244 e. The Morgan fingerprint density at radius 1 is 1.11 bits per heavy atom. The van der Waals surface area contributed by atoms with E-state index in [0.717, 1.165) is 11.1 Å². The number of sulfonamides is 1. The highest BCUT2D eigenvalue weighted by Crippen LogP contribution is 2.34. The number of fused-ring (bicyclic) bond motifs is 2. The first-order chi connectivity index (χ1) is 13.0. The highest BCUT2D eigenvalue weighted by molar-refractivity contribution is 7.89. The van der Waals surface area contributed by atoms with Crippen LogP contribution < -0.4 is 9.47 Å². The van der Waals surface area contributed by atoms with E-state index in [9.17, 15) is 8.42 Å². The summed E-state index contributed by atoms with van der Waals surface area (Å²) in [6.07, 6.45) is 1.68. The van der Waals surface area contributed by atoms with E-state index >= 15 is 0 Å². The first kappa shape index (κ1) is 17.8. The van der Waals surface area contributed by atoms with Crippen LogP contribution in [0.1, 0.15) is 18.1 Å². The van der Waals surface area contributed by atoms with Gasteiger partial charge in [-0.2, -0.15) is 4.31 Å². The zero-order valence-corrected chi connectivity index (χ0v) is 16.0. The normalized spacial score (nSPS) is 13.4. The van der Waals surface area contributed by atoms with Crippen molar-refractivity contribution in [2.75, 3.05) is 13.3 Å². The molecule has 0 N–H and O–H groups in total. The second kappa shape index (κ2) is 6.83. The summed E-state index contributed by atoms with van der Waals surface area (Å²) < 4.78 is 38.9. The third kappa shape index (κ3) is 3.13. The number of benzene rings is 2. The van der Waals surface area contributed by atoms with Crippen molar-refractivity contribution in [1.29, 1.82) is 0 Å². The average Bonchev–Trinajstić information content (AvgIpc) is 3.14. The van der Waals surface area contributed by atoms with Crippen molar-refractivity contribution < 1.29 is 17.9 Å². The molecule has 0 saturated heterocycles. The second-order valence-corrected chi connectivity index (χ2v) is 8.31. The molecule has 1 aliphatic heterocycles. The van der Waals surface area contributed by atoms with E-state index in [1.807, 2.05) is 32.0 Å². The maximum absolute atomic E-state index is 13.4. The molecule has 1 aliphatic rings. The number of nitrogens with zero attached hydrogens (tertiary/aromatic N) is 2. The summed E-state index contributed by atoms with van der Waals surface area (Å²) in [6.45, 7) is 4.56. The summed E-state index contributed by atoms with van der Waals surface area (Å²) >= 11 is 0. The Hall–Kier alpha value is -2.64. The number of hydrogen-bond acceptors (Lipinski definition) is 5. The molecule has 2 heterocycles. The van der Waals surface area contributed by atoms with Crippen LogP contribution in [-0.2, 0) is 16.6 Å². The fraction of sp³-hybridized carbons (Fsp3) is 0.250. The highest BCUT2D eigenvalue weighted by Gasteiger charge is 2.26. The zero-order chi connectivity index (χ0) is 19.0. The second-order valence-electron chi connectivity index (χ2n) is 6.40. The van der Waals surface area contributed by atoms with Crippen LogP contribution in [0.3, 0.4) is 0 Å². The fourth-order valence-corrected chi connectivity index (χ4v) is 4.88. The molecule has 6 nitrogen and oxygen atoms in total. The number of aryl methyl sites for hydroxylation is 1. The Labute approximate surface area is 158 Å². The lowest BCUT2D eigenvalue weighted by Gasteiger charge is -2.22. The lowest BCUT2D eigenvalue weighted by molar-refractivity contribution is 0.174. The minimum atomic E-state index is -3.69. The Morgan fingerprint density at radius 3 is 2.74 bits per heavy atom. The summed E-state index contributed by atoms with van der Waals surface area (Å²) in [5.74, 6) is 1.33. The first-order valence-electron chi connectivity index (χ1n) is 8.73. The van der Waals surface area contributed by atoms with E-state index in [-0.39, 0.29) is 18.2 Å². The van der Waals surface area contributed by atoms with E-state index < -0.39 is 10.0 Å². The zero-order valence-electron chi connectivity index (χ0n) is 15.2. The van der Waals surface area contributed by atoms with Gasteiger partial charge in [0.15, 0.2) is 11.5 Å². The van der Waals surface area contributed by atoms with Crippen molar-refractivity contribution in [3.05, 3.63) is 59.8 Å². The minimum Gasteiger partial charge on any atom is -0.454 e. The SMILES string of the molecule is CCN(Cc1ccc2c(c1)OCO2)S(=O)(=O)c1ccc(C)c2ncccc12. The molecule has 4 rings (SSSR count). The minimum absolute atomic E-state index is 0.191. The molecule has 27 heavy (non-hydrogen) atoms. The first-order valence-corrected chi connectivity index (χ1v) is 10.2. The molecule has 0 fully saturated rings. The molecule has 0 saturated carbocycles. The van der Waals surface area contributed by atoms with Crippen LogP contribution in [-0.4, -0.2) is 31.0 Å². The molecule has 0 radical (unpaired) electrons. The van der Waals surface area contributed by atoms with E-state index in [0.29, 0.717) is 28.9 Å². The van der Waals surface area contributed by atoms with Crippen LogP contribution in [0.25, 0.3) is 10.9 Å². The lowest BCUT2D eigenvalue weighted by Crippen LogP contribution is -2.30. The van der Waals surface area contributed by atoms with Crippen LogP contribution in [0.2, 0.25) is 0 Å². The van der Waals surface area contributed by atoms with Crippen LogP contribution in [0.4, 0.5) is 0 Å². The molecule has 0 spiro atoms. The van der Waals surface area contributed by atoms with E-state index in [2.05, 4.69) is 4.98 Å².